The summed E-state index contributed by atoms with van der Waals surface area (Å²) in [4.78, 5) is 0. The van der Waals surface area contributed by atoms with Crippen molar-refractivity contribution in [2.75, 3.05) is 11.5 Å². The normalized spacial score (nSPS) is 18.9. The topological polar surface area (TPSA) is 0 Å². The van der Waals surface area contributed by atoms with Crippen molar-refractivity contribution in [1.29, 1.82) is 0 Å². The van der Waals surface area contributed by atoms with Gasteiger partial charge in [0.15, 0.2) is 0 Å². The first-order valence-corrected chi connectivity index (χ1v) is 5.96. The van der Waals surface area contributed by atoms with Gasteiger partial charge in [-0.05, 0) is 12.8 Å². The molecule has 1 heterocycles. The molecule has 2 heteroatoms. The Labute approximate surface area is 73.5 Å². The second kappa shape index (κ2) is 6.41. The summed E-state index contributed by atoms with van der Waals surface area (Å²) in [5.41, 5.74) is 0. The smallest absolute Gasteiger partial charge is 0.0474 e. The summed E-state index contributed by atoms with van der Waals surface area (Å²) in [7, 11) is 0. The Morgan fingerprint density at radius 1 is 1.10 bits per heavy atom. The highest BCUT2D eigenvalue weighted by molar-refractivity contribution is 8.20. The maximum absolute atomic E-state index is 2.27. The molecule has 0 bridgehead atoms. The summed E-state index contributed by atoms with van der Waals surface area (Å²) < 4.78 is 0.880. The third kappa shape index (κ3) is 8.70. The molecule has 0 amide bonds. The van der Waals surface area contributed by atoms with E-state index in [1.165, 1.54) is 11.5 Å². The first kappa shape index (κ1) is 10.7. The summed E-state index contributed by atoms with van der Waals surface area (Å²) >= 11 is 4.12. The minimum atomic E-state index is 0.833. The van der Waals surface area contributed by atoms with Crippen LogP contribution in [0, 0.1) is 5.92 Å². The molecule has 0 aromatic carbocycles. The van der Waals surface area contributed by atoms with Gasteiger partial charge >= 0.3 is 0 Å². The Balaban J connectivity index is 0.000000180. The van der Waals surface area contributed by atoms with E-state index in [4.69, 9.17) is 0 Å². The first-order chi connectivity index (χ1) is 4.63. The van der Waals surface area contributed by atoms with Gasteiger partial charge in [-0.1, -0.05) is 20.8 Å². The fourth-order valence-electron chi connectivity index (χ4n) is 0.476. The molecule has 62 valence electrons. The first-order valence-electron chi connectivity index (χ1n) is 3.86. The molecule has 0 N–H and O–H groups in total. The molecule has 0 nitrogen and oxygen atoms in total. The highest BCUT2D eigenvalue weighted by Crippen LogP contribution is 2.30. The lowest BCUT2D eigenvalue weighted by atomic mass is 10.3. The maximum Gasteiger partial charge on any atom is 0.0474 e. The van der Waals surface area contributed by atoms with E-state index in [1.54, 1.807) is 0 Å². The van der Waals surface area contributed by atoms with Crippen LogP contribution in [0.1, 0.15) is 27.7 Å². The van der Waals surface area contributed by atoms with Gasteiger partial charge in [-0.3, -0.25) is 0 Å². The van der Waals surface area contributed by atoms with Gasteiger partial charge in [-0.2, -0.15) is 0 Å². The van der Waals surface area contributed by atoms with E-state index in [0.717, 1.165) is 10.5 Å². The van der Waals surface area contributed by atoms with Crippen molar-refractivity contribution in [3.8, 4) is 0 Å². The second-order valence-electron chi connectivity index (χ2n) is 3.04. The van der Waals surface area contributed by atoms with Gasteiger partial charge in [0.1, 0.15) is 0 Å². The molecule has 10 heavy (non-hydrogen) atoms. The highest BCUT2D eigenvalue weighted by Gasteiger charge is 2.08. The molecule has 0 radical (unpaired) electrons. The van der Waals surface area contributed by atoms with E-state index < -0.39 is 0 Å². The van der Waals surface area contributed by atoms with E-state index in [9.17, 15) is 0 Å². The van der Waals surface area contributed by atoms with Crippen LogP contribution in [0.2, 0.25) is 0 Å². The van der Waals surface area contributed by atoms with Gasteiger partial charge < -0.3 is 0 Å². The molecule has 1 fully saturated rings. The third-order valence-electron chi connectivity index (χ3n) is 0.788. The Hall–Kier alpha value is 0.700. The molecular formula is C8H18S2. The van der Waals surface area contributed by atoms with Crippen molar-refractivity contribution >= 4 is 23.5 Å². The van der Waals surface area contributed by atoms with Crippen molar-refractivity contribution in [2.45, 2.75) is 32.3 Å². The molecule has 0 unspecified atom stereocenters. The molecule has 0 aliphatic carbocycles. The van der Waals surface area contributed by atoms with Crippen LogP contribution < -0.4 is 0 Å². The lowest BCUT2D eigenvalue weighted by molar-refractivity contribution is 0.737. The zero-order valence-corrected chi connectivity index (χ0v) is 9.02. The van der Waals surface area contributed by atoms with Gasteiger partial charge in [0, 0.05) is 16.1 Å². The van der Waals surface area contributed by atoms with Crippen LogP contribution in [0.3, 0.4) is 0 Å². The average molecular weight is 178 g/mol. The van der Waals surface area contributed by atoms with Crippen LogP contribution in [0.5, 0.6) is 0 Å². The van der Waals surface area contributed by atoms with Crippen molar-refractivity contribution in [3.05, 3.63) is 0 Å². The number of rotatable bonds is 0. The largest absolute Gasteiger partial charge is 0.147 e. The summed E-state index contributed by atoms with van der Waals surface area (Å²) in [5, 5.41) is 0. The Kier molecular flexibility index (Phi) is 6.86. The predicted octanol–water partition coefficient (Wildman–Crippen LogP) is 3.47. The van der Waals surface area contributed by atoms with E-state index in [1.807, 2.05) is 0 Å². The number of hydrogen-bond donors (Lipinski definition) is 0. The minimum absolute atomic E-state index is 0.833. The minimum Gasteiger partial charge on any atom is -0.147 e. The Bertz CT molecular complexity index is 62.9. The molecule has 1 saturated heterocycles. The van der Waals surface area contributed by atoms with Crippen LogP contribution in [0.15, 0.2) is 0 Å². The van der Waals surface area contributed by atoms with Crippen molar-refractivity contribution in [1.82, 2.24) is 0 Å². The van der Waals surface area contributed by atoms with E-state index in [0.29, 0.717) is 0 Å². The predicted molar refractivity (Wildman–Crippen MR) is 54.9 cm³/mol. The van der Waals surface area contributed by atoms with E-state index in [2.05, 4.69) is 51.2 Å². The second-order valence-corrected chi connectivity index (χ2v) is 6.24. The van der Waals surface area contributed by atoms with E-state index >= 15 is 0 Å². The standard InChI is InChI=1S/C4H8S2.C4H10/c1-4-5-2-3-6-4;1-4(2)3/h4H,2-3H2,1H3;4H,1-3H3. The Morgan fingerprint density at radius 3 is 1.50 bits per heavy atom. The van der Waals surface area contributed by atoms with Gasteiger partial charge in [0.05, 0.1) is 0 Å². The molecule has 0 saturated carbocycles. The third-order valence-corrected chi connectivity index (χ3v) is 3.68. The lowest BCUT2D eigenvalue weighted by Gasteiger charge is -1.90. The van der Waals surface area contributed by atoms with Crippen molar-refractivity contribution in [2.24, 2.45) is 5.92 Å². The monoisotopic (exact) mass is 178 g/mol. The Morgan fingerprint density at radius 2 is 1.40 bits per heavy atom. The van der Waals surface area contributed by atoms with Gasteiger partial charge in [-0.25, -0.2) is 0 Å². The number of thioether (sulfide) groups is 2. The van der Waals surface area contributed by atoms with Crippen LogP contribution in [0.4, 0.5) is 0 Å². The van der Waals surface area contributed by atoms with Crippen molar-refractivity contribution in [3.63, 3.8) is 0 Å². The molecule has 0 aromatic rings. The highest BCUT2D eigenvalue weighted by atomic mass is 32.2. The fraction of sp³-hybridized carbons (Fsp3) is 1.00. The lowest BCUT2D eigenvalue weighted by Crippen LogP contribution is -1.74. The van der Waals surface area contributed by atoms with Gasteiger partial charge in [0.25, 0.3) is 0 Å². The zero-order valence-electron chi connectivity index (χ0n) is 7.39. The molecule has 1 rings (SSSR count). The summed E-state index contributed by atoms with van der Waals surface area (Å²) in [6.45, 7) is 8.77. The van der Waals surface area contributed by atoms with Gasteiger partial charge in [-0.15, -0.1) is 23.5 Å². The molecule has 1 aliphatic rings. The van der Waals surface area contributed by atoms with Gasteiger partial charge in [0.2, 0.25) is 0 Å². The van der Waals surface area contributed by atoms with Crippen LogP contribution in [-0.4, -0.2) is 16.1 Å². The molecule has 1 aliphatic heterocycles. The molecule has 0 spiro atoms. The SMILES string of the molecule is CC(C)C.CC1SCCS1. The van der Waals surface area contributed by atoms with Crippen LogP contribution in [-0.2, 0) is 0 Å². The fourth-order valence-corrected chi connectivity index (χ4v) is 2.87. The zero-order chi connectivity index (χ0) is 7.98. The van der Waals surface area contributed by atoms with Crippen LogP contribution in [0.25, 0.3) is 0 Å². The van der Waals surface area contributed by atoms with Crippen LogP contribution >= 0.6 is 23.5 Å². The molecule has 0 aromatic heterocycles. The molecular weight excluding hydrogens is 160 g/mol. The maximum atomic E-state index is 2.27. The average Bonchev–Trinajstić information content (AvgIpc) is 2.15. The summed E-state index contributed by atoms with van der Waals surface area (Å²) in [6.07, 6.45) is 0. The quantitative estimate of drug-likeness (QED) is 0.557. The van der Waals surface area contributed by atoms with Crippen molar-refractivity contribution < 1.29 is 0 Å². The summed E-state index contributed by atoms with van der Waals surface area (Å²) in [6, 6.07) is 0. The summed E-state index contributed by atoms with van der Waals surface area (Å²) in [5.74, 6) is 3.57. The van der Waals surface area contributed by atoms with E-state index in [-0.39, 0.29) is 0 Å². The number of hydrogen-bond acceptors (Lipinski definition) is 2. The molecule has 0 atom stereocenters.